The van der Waals surface area contributed by atoms with Crippen molar-refractivity contribution in [1.82, 2.24) is 4.57 Å². The van der Waals surface area contributed by atoms with Gasteiger partial charge in [-0.25, -0.2) is 0 Å². The van der Waals surface area contributed by atoms with E-state index in [1.807, 2.05) is 0 Å². The number of aromatic nitrogens is 1. The third-order valence-corrected chi connectivity index (χ3v) is 4.00. The van der Waals surface area contributed by atoms with E-state index in [9.17, 15) is 0 Å². The fourth-order valence-electron chi connectivity index (χ4n) is 3.02. The zero-order valence-electron chi connectivity index (χ0n) is 12.3. The molecule has 1 aliphatic heterocycles. The second kappa shape index (κ2) is 5.92. The fourth-order valence-corrected chi connectivity index (χ4v) is 3.02. The second-order valence-electron chi connectivity index (χ2n) is 6.17. The lowest BCUT2D eigenvalue weighted by Crippen LogP contribution is -2.21. The Kier molecular flexibility index (Phi) is 4.50. The maximum absolute atomic E-state index is 5.45. The zero-order chi connectivity index (χ0) is 13.1. The van der Waals surface area contributed by atoms with Gasteiger partial charge in [-0.2, -0.15) is 0 Å². The van der Waals surface area contributed by atoms with Crippen LogP contribution in [-0.2, 0) is 11.3 Å². The Bertz CT molecular complexity index is 372. The van der Waals surface area contributed by atoms with Crippen LogP contribution in [-0.4, -0.2) is 17.8 Å². The van der Waals surface area contributed by atoms with Crippen molar-refractivity contribution in [3.8, 4) is 0 Å². The predicted octanol–water partition coefficient (Wildman–Crippen LogP) is 4.16. The van der Waals surface area contributed by atoms with Crippen LogP contribution in [0.25, 0.3) is 0 Å². The SMILES string of the molecule is CC(C)c1ccn(CC2CCOCC2)c1C(C)C. The molecule has 1 fully saturated rings. The number of rotatable bonds is 4. The van der Waals surface area contributed by atoms with Gasteiger partial charge in [0.05, 0.1) is 0 Å². The lowest BCUT2D eigenvalue weighted by molar-refractivity contribution is 0.0610. The van der Waals surface area contributed by atoms with Crippen LogP contribution in [0.2, 0.25) is 0 Å². The summed E-state index contributed by atoms with van der Waals surface area (Å²) in [5.41, 5.74) is 3.06. The maximum atomic E-state index is 5.45. The van der Waals surface area contributed by atoms with E-state index in [2.05, 4.69) is 44.5 Å². The van der Waals surface area contributed by atoms with Crippen LogP contribution in [0.1, 0.15) is 63.6 Å². The molecule has 102 valence electrons. The van der Waals surface area contributed by atoms with Crippen LogP contribution in [0.4, 0.5) is 0 Å². The van der Waals surface area contributed by atoms with Crippen molar-refractivity contribution in [2.45, 2.75) is 58.9 Å². The van der Waals surface area contributed by atoms with Gasteiger partial charge < -0.3 is 9.30 Å². The fraction of sp³-hybridized carbons (Fsp3) is 0.750. The van der Waals surface area contributed by atoms with Gasteiger partial charge in [0.25, 0.3) is 0 Å². The number of hydrogen-bond acceptors (Lipinski definition) is 1. The average Bonchev–Trinajstić information content (AvgIpc) is 2.74. The summed E-state index contributed by atoms with van der Waals surface area (Å²) >= 11 is 0. The molecule has 0 bridgehead atoms. The Balaban J connectivity index is 2.16. The van der Waals surface area contributed by atoms with E-state index in [4.69, 9.17) is 4.74 Å². The van der Waals surface area contributed by atoms with E-state index in [1.165, 1.54) is 30.6 Å². The topological polar surface area (TPSA) is 14.2 Å². The molecule has 1 aromatic rings. The van der Waals surface area contributed by atoms with E-state index < -0.39 is 0 Å². The van der Waals surface area contributed by atoms with Crippen molar-refractivity contribution >= 4 is 0 Å². The minimum absolute atomic E-state index is 0.609. The third-order valence-electron chi connectivity index (χ3n) is 4.00. The molecule has 1 aromatic heterocycles. The van der Waals surface area contributed by atoms with Crippen LogP contribution in [0.15, 0.2) is 12.3 Å². The molecular formula is C16H27NO. The summed E-state index contributed by atoms with van der Waals surface area (Å²) in [6, 6.07) is 2.32. The molecule has 0 saturated carbocycles. The van der Waals surface area contributed by atoms with Gasteiger partial charge in [-0.3, -0.25) is 0 Å². The van der Waals surface area contributed by atoms with Gasteiger partial charge in [0.2, 0.25) is 0 Å². The highest BCUT2D eigenvalue weighted by molar-refractivity contribution is 5.28. The molecule has 2 nitrogen and oxygen atoms in total. The van der Waals surface area contributed by atoms with Gasteiger partial charge in [0.15, 0.2) is 0 Å². The molecule has 2 heterocycles. The number of ether oxygens (including phenoxy) is 1. The summed E-state index contributed by atoms with van der Waals surface area (Å²) in [6.45, 7) is 12.3. The molecule has 2 heteroatoms. The Morgan fingerprint density at radius 1 is 1.17 bits per heavy atom. The van der Waals surface area contributed by atoms with Crippen molar-refractivity contribution in [3.63, 3.8) is 0 Å². The third kappa shape index (κ3) is 2.97. The second-order valence-corrected chi connectivity index (χ2v) is 6.17. The van der Waals surface area contributed by atoms with Crippen molar-refractivity contribution in [2.24, 2.45) is 5.92 Å². The van der Waals surface area contributed by atoms with Crippen LogP contribution in [0, 0.1) is 5.92 Å². The molecule has 0 unspecified atom stereocenters. The smallest absolute Gasteiger partial charge is 0.0469 e. The molecule has 0 aromatic carbocycles. The summed E-state index contributed by atoms with van der Waals surface area (Å²) < 4.78 is 7.95. The van der Waals surface area contributed by atoms with Crippen molar-refractivity contribution in [1.29, 1.82) is 0 Å². The van der Waals surface area contributed by atoms with Crippen molar-refractivity contribution < 1.29 is 4.74 Å². The molecule has 0 N–H and O–H groups in total. The van der Waals surface area contributed by atoms with E-state index in [0.29, 0.717) is 11.8 Å². The van der Waals surface area contributed by atoms with Crippen LogP contribution in [0.5, 0.6) is 0 Å². The van der Waals surface area contributed by atoms with Crippen LogP contribution < -0.4 is 0 Å². The van der Waals surface area contributed by atoms with E-state index in [0.717, 1.165) is 19.1 Å². The molecule has 18 heavy (non-hydrogen) atoms. The van der Waals surface area contributed by atoms with Gasteiger partial charge in [-0.15, -0.1) is 0 Å². The molecule has 0 aliphatic carbocycles. The minimum Gasteiger partial charge on any atom is -0.381 e. The predicted molar refractivity (Wildman–Crippen MR) is 76.2 cm³/mol. The van der Waals surface area contributed by atoms with Crippen LogP contribution >= 0.6 is 0 Å². The van der Waals surface area contributed by atoms with E-state index in [1.54, 1.807) is 0 Å². The molecule has 0 amide bonds. The largest absolute Gasteiger partial charge is 0.381 e. The normalized spacial score (nSPS) is 17.9. The Morgan fingerprint density at radius 2 is 1.83 bits per heavy atom. The van der Waals surface area contributed by atoms with E-state index in [-0.39, 0.29) is 0 Å². The first-order chi connectivity index (χ1) is 8.59. The molecule has 0 spiro atoms. The molecular weight excluding hydrogens is 222 g/mol. The first-order valence-electron chi connectivity index (χ1n) is 7.36. The molecule has 0 radical (unpaired) electrons. The number of hydrogen-bond donors (Lipinski definition) is 0. The lowest BCUT2D eigenvalue weighted by Gasteiger charge is -2.25. The Hall–Kier alpha value is -0.760. The summed E-state index contributed by atoms with van der Waals surface area (Å²) in [5, 5.41) is 0. The van der Waals surface area contributed by atoms with Gasteiger partial charge in [0.1, 0.15) is 0 Å². The highest BCUT2D eigenvalue weighted by atomic mass is 16.5. The monoisotopic (exact) mass is 249 g/mol. The summed E-state index contributed by atoms with van der Waals surface area (Å²) in [6.07, 6.45) is 4.72. The first kappa shape index (κ1) is 13.7. The minimum atomic E-state index is 0.609. The average molecular weight is 249 g/mol. The van der Waals surface area contributed by atoms with E-state index >= 15 is 0 Å². The summed E-state index contributed by atoms with van der Waals surface area (Å²) in [5.74, 6) is 2.03. The summed E-state index contributed by atoms with van der Waals surface area (Å²) in [4.78, 5) is 0. The zero-order valence-corrected chi connectivity index (χ0v) is 12.3. The van der Waals surface area contributed by atoms with Gasteiger partial charge in [-0.05, 0) is 42.2 Å². The van der Waals surface area contributed by atoms with Crippen LogP contribution in [0.3, 0.4) is 0 Å². The van der Waals surface area contributed by atoms with Crippen molar-refractivity contribution in [3.05, 3.63) is 23.5 Å². The molecule has 1 saturated heterocycles. The molecule has 1 aliphatic rings. The summed E-state index contributed by atoms with van der Waals surface area (Å²) in [7, 11) is 0. The molecule has 2 rings (SSSR count). The van der Waals surface area contributed by atoms with Gasteiger partial charge in [0, 0.05) is 31.6 Å². The first-order valence-corrected chi connectivity index (χ1v) is 7.36. The molecule has 0 atom stereocenters. The number of nitrogens with zero attached hydrogens (tertiary/aromatic N) is 1. The van der Waals surface area contributed by atoms with Gasteiger partial charge in [-0.1, -0.05) is 27.7 Å². The van der Waals surface area contributed by atoms with Gasteiger partial charge >= 0.3 is 0 Å². The highest BCUT2D eigenvalue weighted by Gasteiger charge is 2.19. The maximum Gasteiger partial charge on any atom is 0.0469 e. The highest BCUT2D eigenvalue weighted by Crippen LogP contribution is 2.29. The lowest BCUT2D eigenvalue weighted by atomic mass is 9.96. The van der Waals surface area contributed by atoms with Crippen molar-refractivity contribution in [2.75, 3.05) is 13.2 Å². The quantitative estimate of drug-likeness (QED) is 0.781. The Labute approximate surface area is 111 Å². The Morgan fingerprint density at radius 3 is 2.39 bits per heavy atom. The standard InChI is InChI=1S/C16H27NO/c1-12(2)15-5-8-17(16(15)13(3)4)11-14-6-9-18-10-7-14/h5,8,12-14H,6-7,9-11H2,1-4H3.